The molecule has 3 aromatic rings. The number of fused-ring (bicyclic) bond motifs is 1. The highest BCUT2D eigenvalue weighted by atomic mass is 35.5. The average molecular weight is 386 g/mol. The number of nitrogens with one attached hydrogen (secondary N) is 2. The van der Waals surface area contributed by atoms with E-state index < -0.39 is 0 Å². The zero-order valence-corrected chi connectivity index (χ0v) is 14.8. The molecule has 0 atom stereocenters. The van der Waals surface area contributed by atoms with Gasteiger partial charge < -0.3 is 10.6 Å². The van der Waals surface area contributed by atoms with Crippen molar-refractivity contribution in [2.24, 2.45) is 0 Å². The Morgan fingerprint density at radius 1 is 1.27 bits per heavy atom. The molecule has 4 rings (SSSR count). The first-order chi connectivity index (χ1) is 12.6. The second kappa shape index (κ2) is 6.81. The zero-order valence-electron chi connectivity index (χ0n) is 13.3. The molecular formula is C17H12ClN5O2S. The van der Waals surface area contributed by atoms with Crippen molar-refractivity contribution in [3.8, 4) is 5.69 Å². The van der Waals surface area contributed by atoms with Gasteiger partial charge in [0.25, 0.3) is 5.91 Å². The van der Waals surface area contributed by atoms with Crippen LogP contribution in [0.5, 0.6) is 0 Å². The Balaban J connectivity index is 1.64. The van der Waals surface area contributed by atoms with E-state index in [2.05, 4.69) is 20.7 Å². The van der Waals surface area contributed by atoms with Crippen molar-refractivity contribution in [1.82, 2.24) is 14.8 Å². The second-order valence-corrected chi connectivity index (χ2v) is 6.96. The quantitative estimate of drug-likeness (QED) is 0.722. The van der Waals surface area contributed by atoms with Crippen LogP contribution in [-0.2, 0) is 4.79 Å². The number of carbonyl (C=O) groups excluding carboxylic acids is 2. The molecule has 1 aliphatic heterocycles. The Hall–Kier alpha value is -2.84. The molecular weight excluding hydrogens is 374 g/mol. The lowest BCUT2D eigenvalue weighted by Crippen LogP contribution is -2.20. The SMILES string of the molecule is O=C1CSc2ccc(C(=O)Nc3cc(Cl)ccc3-n3cncn3)cc2N1. The molecule has 0 spiro atoms. The van der Waals surface area contributed by atoms with Crippen LogP contribution in [0.1, 0.15) is 10.4 Å². The molecule has 0 saturated carbocycles. The first-order valence-electron chi connectivity index (χ1n) is 7.63. The fraction of sp³-hybridized carbons (Fsp3) is 0.0588. The second-order valence-electron chi connectivity index (χ2n) is 5.50. The summed E-state index contributed by atoms with van der Waals surface area (Å²) in [6, 6.07) is 10.3. The van der Waals surface area contributed by atoms with Crippen LogP contribution >= 0.6 is 23.4 Å². The van der Waals surface area contributed by atoms with Crippen LogP contribution in [-0.4, -0.2) is 32.3 Å². The predicted octanol–water partition coefficient (Wildman–Crippen LogP) is 3.22. The molecule has 0 unspecified atom stereocenters. The standard InChI is InChI=1S/C17H12ClN5O2S/c18-11-2-3-14(23-9-19-8-20-23)12(6-11)22-17(25)10-1-4-15-13(5-10)21-16(24)7-26-15/h1-6,8-9H,7H2,(H,21,24)(H,22,25). The maximum absolute atomic E-state index is 12.7. The summed E-state index contributed by atoms with van der Waals surface area (Å²) in [4.78, 5) is 29.1. The van der Waals surface area contributed by atoms with E-state index in [9.17, 15) is 9.59 Å². The number of benzene rings is 2. The van der Waals surface area contributed by atoms with Crippen LogP contribution < -0.4 is 10.6 Å². The molecule has 2 heterocycles. The number of nitrogens with zero attached hydrogens (tertiary/aromatic N) is 3. The van der Waals surface area contributed by atoms with Crippen LogP contribution in [0.15, 0.2) is 53.9 Å². The van der Waals surface area contributed by atoms with Gasteiger partial charge in [-0.1, -0.05) is 11.6 Å². The monoisotopic (exact) mass is 385 g/mol. The molecule has 2 aromatic carbocycles. The van der Waals surface area contributed by atoms with Gasteiger partial charge in [0.15, 0.2) is 0 Å². The van der Waals surface area contributed by atoms with Gasteiger partial charge in [-0.15, -0.1) is 11.8 Å². The van der Waals surface area contributed by atoms with Gasteiger partial charge in [-0.2, -0.15) is 5.10 Å². The van der Waals surface area contributed by atoms with Gasteiger partial charge in [-0.05, 0) is 36.4 Å². The van der Waals surface area contributed by atoms with Crippen molar-refractivity contribution < 1.29 is 9.59 Å². The Kier molecular flexibility index (Phi) is 4.36. The Labute approximate surface area is 157 Å². The van der Waals surface area contributed by atoms with Crippen molar-refractivity contribution in [2.75, 3.05) is 16.4 Å². The fourth-order valence-corrected chi connectivity index (χ4v) is 3.52. The molecule has 0 radical (unpaired) electrons. The third-order valence-corrected chi connectivity index (χ3v) is 5.06. The predicted molar refractivity (Wildman–Crippen MR) is 100 cm³/mol. The lowest BCUT2D eigenvalue weighted by Gasteiger charge is -2.17. The third kappa shape index (κ3) is 3.29. The number of aromatic nitrogens is 3. The van der Waals surface area contributed by atoms with Gasteiger partial charge in [-0.3, -0.25) is 9.59 Å². The molecule has 2 N–H and O–H groups in total. The van der Waals surface area contributed by atoms with Crippen molar-refractivity contribution in [3.05, 3.63) is 59.6 Å². The van der Waals surface area contributed by atoms with E-state index in [1.807, 2.05) is 6.07 Å². The van der Waals surface area contributed by atoms with Crippen LogP contribution in [0.25, 0.3) is 5.69 Å². The molecule has 0 aliphatic carbocycles. The van der Waals surface area contributed by atoms with Crippen LogP contribution in [0, 0.1) is 0 Å². The lowest BCUT2D eigenvalue weighted by molar-refractivity contribution is -0.113. The summed E-state index contributed by atoms with van der Waals surface area (Å²) in [6.07, 6.45) is 2.94. The first-order valence-corrected chi connectivity index (χ1v) is 8.99. The maximum Gasteiger partial charge on any atom is 0.255 e. The number of hydrogen-bond donors (Lipinski definition) is 2. The first kappa shape index (κ1) is 16.6. The molecule has 130 valence electrons. The van der Waals surface area contributed by atoms with E-state index in [0.717, 1.165) is 4.90 Å². The minimum Gasteiger partial charge on any atom is -0.324 e. The highest BCUT2D eigenvalue weighted by Crippen LogP contribution is 2.32. The summed E-state index contributed by atoms with van der Waals surface area (Å²) in [5, 5.41) is 10.2. The molecule has 26 heavy (non-hydrogen) atoms. The van der Waals surface area contributed by atoms with E-state index in [0.29, 0.717) is 33.4 Å². The minimum absolute atomic E-state index is 0.0802. The smallest absolute Gasteiger partial charge is 0.255 e. The number of carbonyl (C=O) groups is 2. The van der Waals surface area contributed by atoms with Crippen molar-refractivity contribution in [2.45, 2.75) is 4.90 Å². The van der Waals surface area contributed by atoms with Crippen molar-refractivity contribution >= 4 is 46.6 Å². The normalized spacial score (nSPS) is 13.0. The number of anilines is 2. The maximum atomic E-state index is 12.7. The third-order valence-electron chi connectivity index (χ3n) is 3.75. The number of halogens is 1. The van der Waals surface area contributed by atoms with Crippen LogP contribution in [0.4, 0.5) is 11.4 Å². The topological polar surface area (TPSA) is 88.9 Å². The lowest BCUT2D eigenvalue weighted by atomic mass is 10.1. The molecule has 0 saturated heterocycles. The van der Waals surface area contributed by atoms with Gasteiger partial charge in [0, 0.05) is 15.5 Å². The molecule has 0 bridgehead atoms. The summed E-state index contributed by atoms with van der Waals surface area (Å²) in [5.41, 5.74) is 2.21. The molecule has 2 amide bonds. The van der Waals surface area contributed by atoms with E-state index in [-0.39, 0.29) is 11.8 Å². The van der Waals surface area contributed by atoms with Gasteiger partial charge in [-0.25, -0.2) is 9.67 Å². The highest BCUT2D eigenvalue weighted by molar-refractivity contribution is 8.00. The van der Waals surface area contributed by atoms with Gasteiger partial charge in [0.2, 0.25) is 5.91 Å². The summed E-state index contributed by atoms with van der Waals surface area (Å²) in [7, 11) is 0. The number of rotatable bonds is 3. The summed E-state index contributed by atoms with van der Waals surface area (Å²) in [5.74, 6) is -0.0212. The molecule has 1 aromatic heterocycles. The molecule has 7 nitrogen and oxygen atoms in total. The Morgan fingerprint density at radius 3 is 2.96 bits per heavy atom. The fourth-order valence-electron chi connectivity index (χ4n) is 2.56. The summed E-state index contributed by atoms with van der Waals surface area (Å²) in [6.45, 7) is 0. The number of thioether (sulfide) groups is 1. The summed E-state index contributed by atoms with van der Waals surface area (Å²) < 4.78 is 1.54. The van der Waals surface area contributed by atoms with E-state index in [1.54, 1.807) is 30.3 Å². The van der Waals surface area contributed by atoms with Gasteiger partial charge in [0.05, 0.1) is 22.8 Å². The van der Waals surface area contributed by atoms with Gasteiger partial charge >= 0.3 is 0 Å². The molecule has 1 aliphatic rings. The largest absolute Gasteiger partial charge is 0.324 e. The molecule has 0 fully saturated rings. The molecule has 9 heteroatoms. The van der Waals surface area contributed by atoms with Gasteiger partial charge in [0.1, 0.15) is 12.7 Å². The minimum atomic E-state index is -0.318. The van der Waals surface area contributed by atoms with Crippen LogP contribution in [0.2, 0.25) is 5.02 Å². The van der Waals surface area contributed by atoms with E-state index in [1.165, 1.54) is 29.1 Å². The highest BCUT2D eigenvalue weighted by Gasteiger charge is 2.18. The van der Waals surface area contributed by atoms with Crippen molar-refractivity contribution in [3.63, 3.8) is 0 Å². The van der Waals surface area contributed by atoms with Crippen molar-refractivity contribution in [1.29, 1.82) is 0 Å². The Morgan fingerprint density at radius 2 is 2.15 bits per heavy atom. The van der Waals surface area contributed by atoms with E-state index in [4.69, 9.17) is 11.6 Å². The van der Waals surface area contributed by atoms with Crippen LogP contribution in [0.3, 0.4) is 0 Å². The average Bonchev–Trinajstić information content (AvgIpc) is 3.15. The zero-order chi connectivity index (χ0) is 18.1. The number of hydrogen-bond acceptors (Lipinski definition) is 5. The Bertz CT molecular complexity index is 1010. The van der Waals surface area contributed by atoms with E-state index >= 15 is 0 Å². The number of amides is 2. The summed E-state index contributed by atoms with van der Waals surface area (Å²) >= 11 is 7.52.